The Morgan fingerprint density at radius 1 is 1.30 bits per heavy atom. The maximum Gasteiger partial charge on any atom is 0.254 e. The van der Waals surface area contributed by atoms with Crippen LogP contribution in [0.1, 0.15) is 40.6 Å². The van der Waals surface area contributed by atoms with Crippen LogP contribution in [-0.2, 0) is 6.42 Å². The lowest BCUT2D eigenvalue weighted by Gasteiger charge is -2.22. The molecule has 0 bridgehead atoms. The van der Waals surface area contributed by atoms with Crippen LogP contribution in [0.3, 0.4) is 0 Å². The van der Waals surface area contributed by atoms with Crippen LogP contribution in [0.15, 0.2) is 34.9 Å². The van der Waals surface area contributed by atoms with Crippen LogP contribution in [0.4, 0.5) is 8.78 Å². The molecule has 0 saturated heterocycles. The average molecular weight is 277 g/mol. The quantitative estimate of drug-likeness (QED) is 0.914. The summed E-state index contributed by atoms with van der Waals surface area (Å²) in [6.07, 6.45) is 4.06. The molecule has 0 aliphatic heterocycles. The first-order chi connectivity index (χ1) is 9.66. The number of hydrogen-bond donors (Lipinski definition) is 1. The number of aryl methyl sites for hydroxylation is 1. The van der Waals surface area contributed by atoms with E-state index in [1.807, 2.05) is 0 Å². The number of hydrogen-bond acceptors (Lipinski definition) is 2. The van der Waals surface area contributed by atoms with Gasteiger partial charge in [-0.3, -0.25) is 4.79 Å². The molecule has 1 heterocycles. The van der Waals surface area contributed by atoms with E-state index in [1.54, 1.807) is 12.3 Å². The van der Waals surface area contributed by atoms with Gasteiger partial charge < -0.3 is 9.73 Å². The maximum absolute atomic E-state index is 13.6. The Morgan fingerprint density at radius 3 is 3.00 bits per heavy atom. The van der Waals surface area contributed by atoms with Crippen molar-refractivity contribution in [2.75, 3.05) is 0 Å². The van der Waals surface area contributed by atoms with E-state index < -0.39 is 17.5 Å². The number of nitrogens with one attached hydrogen (secondary N) is 1. The molecule has 1 amide bonds. The Balaban J connectivity index is 1.83. The molecule has 3 nitrogen and oxygen atoms in total. The summed E-state index contributed by atoms with van der Waals surface area (Å²) in [4.78, 5) is 12.1. The van der Waals surface area contributed by atoms with E-state index >= 15 is 0 Å². The third kappa shape index (κ3) is 2.19. The molecule has 1 N–H and O–H groups in total. The zero-order valence-corrected chi connectivity index (χ0v) is 10.7. The van der Waals surface area contributed by atoms with Crippen LogP contribution < -0.4 is 5.32 Å². The smallest absolute Gasteiger partial charge is 0.254 e. The highest BCUT2D eigenvalue weighted by molar-refractivity contribution is 5.94. The molecule has 1 unspecified atom stereocenters. The van der Waals surface area contributed by atoms with E-state index in [0.717, 1.165) is 36.7 Å². The van der Waals surface area contributed by atoms with Gasteiger partial charge in [0.1, 0.15) is 5.76 Å². The molecule has 2 aromatic rings. The second-order valence-corrected chi connectivity index (χ2v) is 4.82. The zero-order valence-electron chi connectivity index (χ0n) is 10.7. The van der Waals surface area contributed by atoms with Gasteiger partial charge in [0.2, 0.25) is 0 Å². The summed E-state index contributed by atoms with van der Waals surface area (Å²) < 4.78 is 32.1. The summed E-state index contributed by atoms with van der Waals surface area (Å²) >= 11 is 0. The number of amides is 1. The first-order valence-corrected chi connectivity index (χ1v) is 6.48. The summed E-state index contributed by atoms with van der Waals surface area (Å²) in [7, 11) is 0. The fourth-order valence-corrected chi connectivity index (χ4v) is 2.55. The fraction of sp³-hybridized carbons (Fsp3) is 0.267. The zero-order chi connectivity index (χ0) is 14.1. The van der Waals surface area contributed by atoms with Gasteiger partial charge >= 0.3 is 0 Å². The summed E-state index contributed by atoms with van der Waals surface area (Å²) in [6.45, 7) is 0. The highest BCUT2D eigenvalue weighted by Crippen LogP contribution is 2.30. The number of carbonyl (C=O) groups is 1. The van der Waals surface area contributed by atoms with Gasteiger partial charge in [0.25, 0.3) is 5.91 Å². The van der Waals surface area contributed by atoms with Gasteiger partial charge in [0.15, 0.2) is 11.6 Å². The fourth-order valence-electron chi connectivity index (χ4n) is 2.55. The Labute approximate surface area is 114 Å². The topological polar surface area (TPSA) is 42.2 Å². The van der Waals surface area contributed by atoms with E-state index in [2.05, 4.69) is 5.32 Å². The molecular weight excluding hydrogens is 264 g/mol. The molecule has 1 aromatic heterocycles. The van der Waals surface area contributed by atoms with Gasteiger partial charge in [0.05, 0.1) is 17.9 Å². The second-order valence-electron chi connectivity index (χ2n) is 4.82. The van der Waals surface area contributed by atoms with E-state index in [9.17, 15) is 13.6 Å². The highest BCUT2D eigenvalue weighted by Gasteiger charge is 2.25. The monoisotopic (exact) mass is 277 g/mol. The van der Waals surface area contributed by atoms with Crippen LogP contribution >= 0.6 is 0 Å². The van der Waals surface area contributed by atoms with Crippen LogP contribution in [0.5, 0.6) is 0 Å². The van der Waals surface area contributed by atoms with E-state index in [0.29, 0.717) is 0 Å². The van der Waals surface area contributed by atoms with Crippen molar-refractivity contribution in [3.8, 4) is 0 Å². The lowest BCUT2D eigenvalue weighted by atomic mass is 9.93. The molecule has 1 aliphatic rings. The minimum Gasteiger partial charge on any atom is -0.469 e. The van der Waals surface area contributed by atoms with Gasteiger partial charge in [-0.2, -0.15) is 0 Å². The number of rotatable bonds is 2. The molecule has 0 saturated carbocycles. The molecule has 3 rings (SSSR count). The lowest BCUT2D eigenvalue weighted by molar-refractivity contribution is 0.0927. The second kappa shape index (κ2) is 5.07. The van der Waals surface area contributed by atoms with Gasteiger partial charge in [-0.05, 0) is 31.0 Å². The van der Waals surface area contributed by atoms with E-state index in [-0.39, 0.29) is 11.6 Å². The standard InChI is InChI=1S/C15H13F2NO2/c16-11-4-1-3-10(14(11)17)15(19)18-12-5-2-6-13-9(12)7-8-20-13/h1,3-4,7-8,12H,2,5-6H2,(H,18,19). The SMILES string of the molecule is O=C(NC1CCCc2occc21)c1cccc(F)c1F. The van der Waals surface area contributed by atoms with Crippen LogP contribution in [-0.4, -0.2) is 5.91 Å². The van der Waals surface area contributed by atoms with Crippen molar-refractivity contribution in [1.29, 1.82) is 0 Å². The van der Waals surface area contributed by atoms with E-state index in [4.69, 9.17) is 4.42 Å². The molecule has 104 valence electrons. The Morgan fingerprint density at radius 2 is 2.15 bits per heavy atom. The number of fused-ring (bicyclic) bond motifs is 1. The predicted molar refractivity (Wildman–Crippen MR) is 68.2 cm³/mol. The highest BCUT2D eigenvalue weighted by atomic mass is 19.2. The van der Waals surface area contributed by atoms with Crippen molar-refractivity contribution < 1.29 is 18.0 Å². The third-order valence-electron chi connectivity index (χ3n) is 3.55. The molecule has 0 fully saturated rings. The molecular formula is C15H13F2NO2. The summed E-state index contributed by atoms with van der Waals surface area (Å²) in [5.41, 5.74) is 0.641. The Hall–Kier alpha value is -2.17. The summed E-state index contributed by atoms with van der Waals surface area (Å²) in [6, 6.07) is 5.17. The number of halogens is 2. The van der Waals surface area contributed by atoms with Crippen molar-refractivity contribution in [3.05, 3.63) is 59.1 Å². The minimum absolute atomic E-state index is 0.215. The molecule has 1 aliphatic carbocycles. The third-order valence-corrected chi connectivity index (χ3v) is 3.55. The molecule has 0 spiro atoms. The van der Waals surface area contributed by atoms with Gasteiger partial charge in [-0.1, -0.05) is 6.07 Å². The number of carbonyl (C=O) groups excluding carboxylic acids is 1. The van der Waals surface area contributed by atoms with Gasteiger partial charge in [-0.15, -0.1) is 0 Å². The molecule has 5 heteroatoms. The first-order valence-electron chi connectivity index (χ1n) is 6.48. The van der Waals surface area contributed by atoms with Crippen LogP contribution in [0.25, 0.3) is 0 Å². The molecule has 1 aromatic carbocycles. The van der Waals surface area contributed by atoms with Crippen molar-refractivity contribution in [2.45, 2.75) is 25.3 Å². The van der Waals surface area contributed by atoms with Crippen molar-refractivity contribution in [2.24, 2.45) is 0 Å². The summed E-state index contributed by atoms with van der Waals surface area (Å²) in [5.74, 6) is -1.90. The molecule has 20 heavy (non-hydrogen) atoms. The van der Waals surface area contributed by atoms with E-state index in [1.165, 1.54) is 12.1 Å². The van der Waals surface area contributed by atoms with Crippen molar-refractivity contribution in [3.63, 3.8) is 0 Å². The van der Waals surface area contributed by atoms with Crippen LogP contribution in [0.2, 0.25) is 0 Å². The predicted octanol–water partition coefficient (Wildman–Crippen LogP) is 3.37. The summed E-state index contributed by atoms with van der Waals surface area (Å²) in [5, 5.41) is 2.74. The Kier molecular flexibility index (Phi) is 3.26. The maximum atomic E-state index is 13.6. The molecule has 1 atom stereocenters. The molecule has 0 radical (unpaired) electrons. The van der Waals surface area contributed by atoms with Gasteiger partial charge in [-0.25, -0.2) is 8.78 Å². The van der Waals surface area contributed by atoms with Gasteiger partial charge in [0, 0.05) is 12.0 Å². The number of benzene rings is 1. The number of furan rings is 1. The lowest BCUT2D eigenvalue weighted by Crippen LogP contribution is -2.31. The average Bonchev–Trinajstić information content (AvgIpc) is 2.91. The van der Waals surface area contributed by atoms with Crippen molar-refractivity contribution >= 4 is 5.91 Å². The first kappa shape index (κ1) is 12.8. The van der Waals surface area contributed by atoms with Crippen LogP contribution in [0, 0.1) is 11.6 Å². The van der Waals surface area contributed by atoms with Crippen molar-refractivity contribution in [1.82, 2.24) is 5.32 Å². The Bertz CT molecular complexity index is 651. The normalized spacial score (nSPS) is 17.6. The minimum atomic E-state index is -1.12. The largest absolute Gasteiger partial charge is 0.469 e.